The highest BCUT2D eigenvalue weighted by Gasteiger charge is 2.49. The van der Waals surface area contributed by atoms with Crippen molar-refractivity contribution in [2.45, 2.75) is 60.8 Å². The zero-order valence-corrected chi connectivity index (χ0v) is 15.5. The fourth-order valence-electron chi connectivity index (χ4n) is 3.65. The van der Waals surface area contributed by atoms with Crippen molar-refractivity contribution in [3.63, 3.8) is 0 Å². The third-order valence-corrected chi connectivity index (χ3v) is 4.96. The van der Waals surface area contributed by atoms with Crippen LogP contribution >= 0.6 is 0 Å². The Morgan fingerprint density at radius 1 is 0.636 bits per heavy atom. The summed E-state index contributed by atoms with van der Waals surface area (Å²) in [7, 11) is 0. The van der Waals surface area contributed by atoms with Crippen molar-refractivity contribution in [3.05, 3.63) is 0 Å². The van der Waals surface area contributed by atoms with Gasteiger partial charge in [-0.3, -0.25) is 0 Å². The summed E-state index contributed by atoms with van der Waals surface area (Å²) in [5.41, 5.74) is 0.774. The third-order valence-electron chi connectivity index (χ3n) is 4.96. The highest BCUT2D eigenvalue weighted by Crippen LogP contribution is 2.51. The molecule has 1 unspecified atom stereocenters. The summed E-state index contributed by atoms with van der Waals surface area (Å²) >= 11 is 0. The maximum absolute atomic E-state index is 8.96. The molecule has 3 N–H and O–H groups in total. The van der Waals surface area contributed by atoms with E-state index in [-0.39, 0.29) is 13.2 Å². The SMILES string of the molecule is CC(C)(C)CC1[C@@H](CO)[C@H]1CO.CC(C)(C)C[C@@H]1C[C@H]1CO. The highest BCUT2D eigenvalue weighted by molar-refractivity contribution is 4.97. The van der Waals surface area contributed by atoms with Gasteiger partial charge in [-0.2, -0.15) is 0 Å². The van der Waals surface area contributed by atoms with Gasteiger partial charge in [0.15, 0.2) is 0 Å². The van der Waals surface area contributed by atoms with Gasteiger partial charge in [0.2, 0.25) is 0 Å². The Morgan fingerprint density at radius 2 is 1.09 bits per heavy atom. The van der Waals surface area contributed by atoms with E-state index in [0.717, 1.165) is 12.3 Å². The van der Waals surface area contributed by atoms with Crippen molar-refractivity contribution in [3.8, 4) is 0 Å². The van der Waals surface area contributed by atoms with Crippen LogP contribution < -0.4 is 0 Å². The lowest BCUT2D eigenvalue weighted by atomic mass is 9.88. The lowest BCUT2D eigenvalue weighted by Crippen LogP contribution is -2.07. The van der Waals surface area contributed by atoms with Crippen LogP contribution in [0.2, 0.25) is 0 Å². The standard InChI is InChI=1S/C10H20O2.C9H18O/c1-10(2,3)4-7-8(5-11)9(7)6-12;1-9(2,3)5-7-4-8(7)6-10/h7-9,11-12H,4-6H2,1-3H3;7-8,10H,4-6H2,1-3H3/t7?,8-,9+;7-,8-/m.0/s1. The summed E-state index contributed by atoms with van der Waals surface area (Å²) in [5.74, 6) is 2.76. The van der Waals surface area contributed by atoms with Crippen molar-refractivity contribution in [1.29, 1.82) is 0 Å². The second-order valence-electron chi connectivity index (χ2n) is 9.82. The van der Waals surface area contributed by atoms with E-state index in [2.05, 4.69) is 41.5 Å². The lowest BCUT2D eigenvalue weighted by Gasteiger charge is -2.17. The lowest BCUT2D eigenvalue weighted by molar-refractivity contribution is 0.232. The number of rotatable bonds is 5. The average Bonchev–Trinajstić information content (AvgIpc) is 3.22. The Balaban J connectivity index is 0.000000224. The van der Waals surface area contributed by atoms with Gasteiger partial charge >= 0.3 is 0 Å². The van der Waals surface area contributed by atoms with Gasteiger partial charge < -0.3 is 15.3 Å². The fraction of sp³-hybridized carbons (Fsp3) is 1.00. The molecule has 0 aliphatic heterocycles. The minimum Gasteiger partial charge on any atom is -0.396 e. The van der Waals surface area contributed by atoms with E-state index in [4.69, 9.17) is 15.3 Å². The van der Waals surface area contributed by atoms with Gasteiger partial charge in [-0.15, -0.1) is 0 Å². The smallest absolute Gasteiger partial charge is 0.0465 e. The van der Waals surface area contributed by atoms with E-state index in [0.29, 0.717) is 41.1 Å². The van der Waals surface area contributed by atoms with Crippen LogP contribution in [0.15, 0.2) is 0 Å². The zero-order valence-electron chi connectivity index (χ0n) is 15.5. The molecule has 132 valence electrons. The molecule has 0 bridgehead atoms. The summed E-state index contributed by atoms with van der Waals surface area (Å²) in [6, 6.07) is 0. The molecule has 22 heavy (non-hydrogen) atoms. The normalized spacial score (nSPS) is 34.0. The average molecular weight is 315 g/mol. The van der Waals surface area contributed by atoms with E-state index in [1.165, 1.54) is 12.8 Å². The van der Waals surface area contributed by atoms with Gasteiger partial charge in [-0.1, -0.05) is 41.5 Å². The molecular weight excluding hydrogens is 276 g/mol. The first kappa shape index (κ1) is 19.9. The van der Waals surface area contributed by atoms with E-state index < -0.39 is 0 Å². The molecule has 5 atom stereocenters. The molecule has 0 aromatic carbocycles. The van der Waals surface area contributed by atoms with Gasteiger partial charge in [-0.25, -0.2) is 0 Å². The predicted octanol–water partition coefficient (Wildman–Crippen LogP) is 3.32. The largest absolute Gasteiger partial charge is 0.396 e. The first-order chi connectivity index (χ1) is 10.0. The summed E-state index contributed by atoms with van der Waals surface area (Å²) in [5, 5.41) is 26.7. The highest BCUT2D eigenvalue weighted by atomic mass is 16.3. The molecule has 2 rings (SSSR count). The number of aliphatic hydroxyl groups excluding tert-OH is 3. The molecule has 2 saturated carbocycles. The van der Waals surface area contributed by atoms with Crippen molar-refractivity contribution in [1.82, 2.24) is 0 Å². The Morgan fingerprint density at radius 3 is 1.36 bits per heavy atom. The van der Waals surface area contributed by atoms with Gasteiger partial charge in [0, 0.05) is 19.8 Å². The molecule has 3 heteroatoms. The molecule has 0 saturated heterocycles. The van der Waals surface area contributed by atoms with Crippen LogP contribution in [-0.2, 0) is 0 Å². The molecule has 2 aliphatic carbocycles. The topological polar surface area (TPSA) is 60.7 Å². The summed E-state index contributed by atoms with van der Waals surface area (Å²) in [6.07, 6.45) is 3.65. The summed E-state index contributed by atoms with van der Waals surface area (Å²) in [4.78, 5) is 0. The van der Waals surface area contributed by atoms with Crippen molar-refractivity contribution < 1.29 is 15.3 Å². The second-order valence-corrected chi connectivity index (χ2v) is 9.82. The van der Waals surface area contributed by atoms with Crippen LogP contribution in [0.3, 0.4) is 0 Å². The predicted molar refractivity (Wildman–Crippen MR) is 91.5 cm³/mol. The minimum absolute atomic E-state index is 0.242. The number of hydrogen-bond acceptors (Lipinski definition) is 3. The maximum atomic E-state index is 8.96. The van der Waals surface area contributed by atoms with E-state index in [1.807, 2.05) is 0 Å². The van der Waals surface area contributed by atoms with Gasteiger partial charge in [0.1, 0.15) is 0 Å². The molecule has 0 radical (unpaired) electrons. The zero-order chi connectivity index (χ0) is 17.1. The first-order valence-electron chi connectivity index (χ1n) is 8.85. The van der Waals surface area contributed by atoms with E-state index >= 15 is 0 Å². The van der Waals surface area contributed by atoms with Gasteiger partial charge in [0.05, 0.1) is 0 Å². The van der Waals surface area contributed by atoms with Crippen LogP contribution in [-0.4, -0.2) is 35.1 Å². The van der Waals surface area contributed by atoms with Crippen LogP contribution in [0.1, 0.15) is 60.8 Å². The molecule has 3 nitrogen and oxygen atoms in total. The first-order valence-corrected chi connectivity index (χ1v) is 8.85. The van der Waals surface area contributed by atoms with Crippen molar-refractivity contribution >= 4 is 0 Å². The monoisotopic (exact) mass is 314 g/mol. The third kappa shape index (κ3) is 6.97. The molecule has 2 fully saturated rings. The van der Waals surface area contributed by atoms with E-state index in [9.17, 15) is 0 Å². The molecular formula is C19H38O3. The Hall–Kier alpha value is -0.120. The second kappa shape index (κ2) is 7.63. The Kier molecular flexibility index (Phi) is 6.91. The molecule has 0 aromatic heterocycles. The summed E-state index contributed by atoms with van der Waals surface area (Å²) in [6.45, 7) is 14.3. The van der Waals surface area contributed by atoms with Crippen LogP contribution in [0, 0.1) is 40.4 Å². The minimum atomic E-state index is 0.242. The van der Waals surface area contributed by atoms with Crippen molar-refractivity contribution in [2.24, 2.45) is 40.4 Å². The van der Waals surface area contributed by atoms with E-state index in [1.54, 1.807) is 0 Å². The van der Waals surface area contributed by atoms with Gasteiger partial charge in [0.25, 0.3) is 0 Å². The fourth-order valence-corrected chi connectivity index (χ4v) is 3.65. The van der Waals surface area contributed by atoms with Crippen LogP contribution in [0.5, 0.6) is 0 Å². The van der Waals surface area contributed by atoms with Crippen molar-refractivity contribution in [2.75, 3.05) is 19.8 Å². The molecule has 0 amide bonds. The quantitative estimate of drug-likeness (QED) is 0.729. The van der Waals surface area contributed by atoms with Gasteiger partial charge in [-0.05, 0) is 59.7 Å². The number of aliphatic hydroxyl groups is 3. The van der Waals surface area contributed by atoms with Crippen LogP contribution in [0.4, 0.5) is 0 Å². The maximum Gasteiger partial charge on any atom is 0.0465 e. The molecule has 2 aliphatic rings. The molecule has 0 heterocycles. The molecule has 0 aromatic rings. The Bertz CT molecular complexity index is 317. The molecule has 0 spiro atoms. The Labute approximate surface area is 137 Å². The summed E-state index contributed by atoms with van der Waals surface area (Å²) < 4.78 is 0. The number of hydrogen-bond donors (Lipinski definition) is 3. The van der Waals surface area contributed by atoms with Crippen LogP contribution in [0.25, 0.3) is 0 Å².